The minimum atomic E-state index is -4.40. The summed E-state index contributed by atoms with van der Waals surface area (Å²) in [7, 11) is 0. The Hall–Kier alpha value is -1.76. The Morgan fingerprint density at radius 3 is 2.62 bits per heavy atom. The van der Waals surface area contributed by atoms with Gasteiger partial charge in [-0.05, 0) is 24.5 Å². The second-order valence-electron chi connectivity index (χ2n) is 5.16. The van der Waals surface area contributed by atoms with Crippen LogP contribution in [0.4, 0.5) is 18.9 Å². The summed E-state index contributed by atoms with van der Waals surface area (Å²) in [6.07, 6.45) is -3.88. The van der Waals surface area contributed by atoms with Gasteiger partial charge >= 0.3 is 6.18 Å². The maximum Gasteiger partial charge on any atom is 0.422 e. The maximum absolute atomic E-state index is 12.1. The number of nitrogens with two attached hydrogens (primary N) is 1. The molecule has 118 valence electrons. The van der Waals surface area contributed by atoms with E-state index >= 15 is 0 Å². The SMILES string of the molecule is CC(C)C[C@H](N)C(=O)Nc1cccc(OCC(F)(F)F)c1. The first-order valence-corrected chi connectivity index (χ1v) is 6.53. The lowest BCUT2D eigenvalue weighted by Gasteiger charge is -2.15. The fraction of sp³-hybridized carbons (Fsp3) is 0.500. The molecule has 0 aliphatic carbocycles. The number of carbonyl (C=O) groups is 1. The molecule has 1 amide bonds. The Bertz CT molecular complexity index is 476. The number of amides is 1. The molecule has 0 spiro atoms. The zero-order chi connectivity index (χ0) is 16.0. The number of ether oxygens (including phenoxy) is 1. The number of rotatable bonds is 6. The lowest BCUT2D eigenvalue weighted by atomic mass is 10.0. The highest BCUT2D eigenvalue weighted by atomic mass is 19.4. The van der Waals surface area contributed by atoms with Gasteiger partial charge in [0.1, 0.15) is 5.75 Å². The van der Waals surface area contributed by atoms with Crippen molar-refractivity contribution >= 4 is 11.6 Å². The van der Waals surface area contributed by atoms with Crippen molar-refractivity contribution in [2.24, 2.45) is 11.7 Å². The van der Waals surface area contributed by atoms with Crippen LogP contribution in [-0.4, -0.2) is 24.7 Å². The number of alkyl halides is 3. The van der Waals surface area contributed by atoms with Crippen molar-refractivity contribution < 1.29 is 22.7 Å². The highest BCUT2D eigenvalue weighted by Crippen LogP contribution is 2.21. The van der Waals surface area contributed by atoms with Gasteiger partial charge in [0.05, 0.1) is 6.04 Å². The third-order valence-corrected chi connectivity index (χ3v) is 2.57. The Balaban J connectivity index is 2.62. The summed E-state index contributed by atoms with van der Waals surface area (Å²) in [5, 5.41) is 2.56. The van der Waals surface area contributed by atoms with Crippen LogP contribution in [0.5, 0.6) is 5.75 Å². The standard InChI is InChI=1S/C14H19F3N2O2/c1-9(2)6-12(18)13(20)19-10-4-3-5-11(7-10)21-8-14(15,16)17/h3-5,7,9,12H,6,8,18H2,1-2H3,(H,19,20)/t12-/m0/s1. The topological polar surface area (TPSA) is 64.4 Å². The molecule has 0 aromatic heterocycles. The second kappa shape index (κ2) is 7.31. The number of carbonyl (C=O) groups excluding carboxylic acids is 1. The van der Waals surface area contributed by atoms with Crippen LogP contribution in [0.3, 0.4) is 0 Å². The van der Waals surface area contributed by atoms with Crippen molar-refractivity contribution in [3.05, 3.63) is 24.3 Å². The molecule has 0 aliphatic rings. The van der Waals surface area contributed by atoms with Crippen LogP contribution < -0.4 is 15.8 Å². The molecular weight excluding hydrogens is 285 g/mol. The number of halogens is 3. The summed E-state index contributed by atoms with van der Waals surface area (Å²) < 4.78 is 40.8. The van der Waals surface area contributed by atoms with Gasteiger partial charge in [0.15, 0.2) is 6.61 Å². The fourth-order valence-electron chi connectivity index (χ4n) is 1.68. The van der Waals surface area contributed by atoms with Gasteiger partial charge in [0.2, 0.25) is 5.91 Å². The third kappa shape index (κ3) is 6.99. The van der Waals surface area contributed by atoms with Crippen LogP contribution in [0, 0.1) is 5.92 Å². The van der Waals surface area contributed by atoms with Gasteiger partial charge in [-0.2, -0.15) is 13.2 Å². The summed E-state index contributed by atoms with van der Waals surface area (Å²) in [6, 6.07) is 5.10. The Morgan fingerprint density at radius 2 is 2.05 bits per heavy atom. The quantitative estimate of drug-likeness (QED) is 0.849. The summed E-state index contributed by atoms with van der Waals surface area (Å²) in [5.74, 6) is -0.0774. The van der Waals surface area contributed by atoms with Crippen molar-refractivity contribution in [1.29, 1.82) is 0 Å². The molecule has 0 heterocycles. The zero-order valence-electron chi connectivity index (χ0n) is 11.9. The fourth-order valence-corrected chi connectivity index (χ4v) is 1.68. The van der Waals surface area contributed by atoms with Crippen LogP contribution in [0.15, 0.2) is 24.3 Å². The van der Waals surface area contributed by atoms with E-state index in [9.17, 15) is 18.0 Å². The molecule has 21 heavy (non-hydrogen) atoms. The Labute approximate surface area is 121 Å². The Morgan fingerprint density at radius 1 is 1.38 bits per heavy atom. The molecule has 3 N–H and O–H groups in total. The first-order chi connectivity index (χ1) is 9.67. The number of anilines is 1. The van der Waals surface area contributed by atoms with E-state index in [4.69, 9.17) is 5.73 Å². The summed E-state index contributed by atoms with van der Waals surface area (Å²) in [4.78, 5) is 11.8. The molecule has 0 bridgehead atoms. The summed E-state index contributed by atoms with van der Waals surface area (Å²) >= 11 is 0. The molecule has 0 unspecified atom stereocenters. The van der Waals surface area contributed by atoms with Gasteiger partial charge in [-0.1, -0.05) is 19.9 Å². The third-order valence-electron chi connectivity index (χ3n) is 2.57. The van der Waals surface area contributed by atoms with Crippen LogP contribution in [0.25, 0.3) is 0 Å². The van der Waals surface area contributed by atoms with Crippen LogP contribution in [0.1, 0.15) is 20.3 Å². The predicted molar refractivity (Wildman–Crippen MR) is 74.1 cm³/mol. The molecule has 0 saturated heterocycles. The smallest absolute Gasteiger partial charge is 0.422 e. The van der Waals surface area contributed by atoms with E-state index in [-0.39, 0.29) is 17.6 Å². The average Bonchev–Trinajstić information content (AvgIpc) is 2.35. The molecular formula is C14H19F3N2O2. The molecule has 1 rings (SSSR count). The molecule has 4 nitrogen and oxygen atoms in total. The number of benzene rings is 1. The van der Waals surface area contributed by atoms with Crippen LogP contribution in [0.2, 0.25) is 0 Å². The second-order valence-corrected chi connectivity index (χ2v) is 5.16. The number of hydrogen-bond donors (Lipinski definition) is 2. The van der Waals surface area contributed by atoms with Gasteiger partial charge in [-0.3, -0.25) is 4.79 Å². The molecule has 7 heteroatoms. The highest BCUT2D eigenvalue weighted by molar-refractivity contribution is 5.94. The van der Waals surface area contributed by atoms with E-state index < -0.39 is 18.8 Å². The van der Waals surface area contributed by atoms with E-state index in [2.05, 4.69) is 10.1 Å². The maximum atomic E-state index is 12.1. The van der Waals surface area contributed by atoms with Crippen molar-refractivity contribution in [3.8, 4) is 5.75 Å². The first kappa shape index (κ1) is 17.3. The van der Waals surface area contributed by atoms with E-state index in [1.165, 1.54) is 18.2 Å². The minimum Gasteiger partial charge on any atom is -0.484 e. The van der Waals surface area contributed by atoms with Crippen molar-refractivity contribution in [1.82, 2.24) is 0 Å². The minimum absolute atomic E-state index is 0.0301. The van der Waals surface area contributed by atoms with Gasteiger partial charge in [0, 0.05) is 11.8 Å². The van der Waals surface area contributed by atoms with E-state index in [0.717, 1.165) is 0 Å². The van der Waals surface area contributed by atoms with E-state index in [1.54, 1.807) is 6.07 Å². The van der Waals surface area contributed by atoms with E-state index in [1.807, 2.05) is 13.8 Å². The highest BCUT2D eigenvalue weighted by Gasteiger charge is 2.28. The zero-order valence-corrected chi connectivity index (χ0v) is 11.9. The van der Waals surface area contributed by atoms with E-state index in [0.29, 0.717) is 12.1 Å². The molecule has 1 aromatic carbocycles. The van der Waals surface area contributed by atoms with Gasteiger partial charge in [0.25, 0.3) is 0 Å². The van der Waals surface area contributed by atoms with Crippen molar-refractivity contribution in [2.75, 3.05) is 11.9 Å². The predicted octanol–water partition coefficient (Wildman–Crippen LogP) is 2.94. The van der Waals surface area contributed by atoms with Crippen LogP contribution in [-0.2, 0) is 4.79 Å². The average molecular weight is 304 g/mol. The van der Waals surface area contributed by atoms with Gasteiger partial charge in [-0.15, -0.1) is 0 Å². The van der Waals surface area contributed by atoms with Gasteiger partial charge < -0.3 is 15.8 Å². The number of nitrogens with one attached hydrogen (secondary N) is 1. The molecule has 0 fully saturated rings. The molecule has 0 aliphatic heterocycles. The van der Waals surface area contributed by atoms with Crippen LogP contribution >= 0.6 is 0 Å². The summed E-state index contributed by atoms with van der Waals surface area (Å²) in [6.45, 7) is 2.51. The van der Waals surface area contributed by atoms with Crippen molar-refractivity contribution in [3.63, 3.8) is 0 Å². The lowest BCUT2D eigenvalue weighted by Crippen LogP contribution is -2.36. The largest absolute Gasteiger partial charge is 0.484 e. The lowest BCUT2D eigenvalue weighted by molar-refractivity contribution is -0.153. The molecule has 1 aromatic rings. The van der Waals surface area contributed by atoms with Crippen molar-refractivity contribution in [2.45, 2.75) is 32.5 Å². The Kier molecular flexibility index (Phi) is 6.02. The number of hydrogen-bond acceptors (Lipinski definition) is 3. The molecule has 0 saturated carbocycles. The molecule has 1 atom stereocenters. The molecule has 0 radical (unpaired) electrons. The monoisotopic (exact) mass is 304 g/mol. The normalized spacial score (nSPS) is 13.1. The summed E-state index contributed by atoms with van der Waals surface area (Å²) in [5.41, 5.74) is 6.07. The van der Waals surface area contributed by atoms with Gasteiger partial charge in [-0.25, -0.2) is 0 Å². The first-order valence-electron chi connectivity index (χ1n) is 6.53.